The lowest BCUT2D eigenvalue weighted by Crippen LogP contribution is -2.46. The molecule has 0 aromatic carbocycles. The number of hydrogen-bond acceptors (Lipinski definition) is 2. The normalized spacial score (nSPS) is 24.1. The molecule has 1 heterocycles. The monoisotopic (exact) mass is 247 g/mol. The summed E-state index contributed by atoms with van der Waals surface area (Å²) in [5.74, 6) is 0.659. The third-order valence-corrected chi connectivity index (χ3v) is 3.49. The van der Waals surface area contributed by atoms with Crippen molar-refractivity contribution in [3.8, 4) is 0 Å². The zero-order valence-electron chi connectivity index (χ0n) is 10.2. The maximum absolute atomic E-state index is 11.8. The van der Waals surface area contributed by atoms with Crippen LogP contribution in [0.3, 0.4) is 0 Å². The van der Waals surface area contributed by atoms with E-state index in [4.69, 9.17) is 16.3 Å². The van der Waals surface area contributed by atoms with Crippen molar-refractivity contribution in [2.24, 2.45) is 0 Å². The number of amides is 1. The first-order valence-electron chi connectivity index (χ1n) is 6.08. The molecule has 1 aliphatic heterocycles. The van der Waals surface area contributed by atoms with E-state index in [1.54, 1.807) is 0 Å². The van der Waals surface area contributed by atoms with Crippen LogP contribution in [0.4, 0.5) is 0 Å². The van der Waals surface area contributed by atoms with Gasteiger partial charge in [-0.15, -0.1) is 11.6 Å². The van der Waals surface area contributed by atoms with Gasteiger partial charge >= 0.3 is 0 Å². The van der Waals surface area contributed by atoms with Crippen molar-refractivity contribution in [3.05, 3.63) is 0 Å². The molecule has 0 aromatic rings. The highest BCUT2D eigenvalue weighted by Gasteiger charge is 2.26. The molecule has 3 nitrogen and oxygen atoms in total. The molecule has 4 heteroatoms. The van der Waals surface area contributed by atoms with E-state index in [9.17, 15) is 4.79 Å². The molecule has 1 aliphatic rings. The van der Waals surface area contributed by atoms with E-state index >= 15 is 0 Å². The Kier molecular flexibility index (Phi) is 5.56. The van der Waals surface area contributed by atoms with Crippen LogP contribution in [0.25, 0.3) is 0 Å². The van der Waals surface area contributed by atoms with Crippen molar-refractivity contribution in [2.75, 3.05) is 12.5 Å². The van der Waals surface area contributed by atoms with Gasteiger partial charge in [0.25, 0.3) is 0 Å². The summed E-state index contributed by atoms with van der Waals surface area (Å²) < 4.78 is 5.44. The molecule has 0 bridgehead atoms. The Morgan fingerprint density at radius 1 is 1.62 bits per heavy atom. The molecule has 1 N–H and O–H groups in total. The van der Waals surface area contributed by atoms with E-state index in [1.807, 2.05) is 6.92 Å². The Labute approximate surface area is 103 Å². The van der Waals surface area contributed by atoms with E-state index in [0.29, 0.717) is 12.3 Å². The zero-order valence-corrected chi connectivity index (χ0v) is 11.0. The van der Waals surface area contributed by atoms with Gasteiger partial charge in [-0.1, -0.05) is 6.92 Å². The van der Waals surface area contributed by atoms with E-state index in [1.165, 1.54) is 0 Å². The number of alkyl halides is 1. The fourth-order valence-corrected chi connectivity index (χ4v) is 2.35. The topological polar surface area (TPSA) is 38.3 Å². The molecule has 0 aliphatic carbocycles. The Morgan fingerprint density at radius 3 is 2.88 bits per heavy atom. The van der Waals surface area contributed by atoms with Gasteiger partial charge in [0.2, 0.25) is 5.91 Å². The summed E-state index contributed by atoms with van der Waals surface area (Å²) in [7, 11) is 0. The highest BCUT2D eigenvalue weighted by molar-refractivity contribution is 6.17. The molecule has 0 radical (unpaired) electrons. The highest BCUT2D eigenvalue weighted by atomic mass is 35.5. The van der Waals surface area contributed by atoms with Gasteiger partial charge < -0.3 is 10.1 Å². The quantitative estimate of drug-likeness (QED) is 0.733. The molecule has 1 rings (SSSR count). The average molecular weight is 248 g/mol. The minimum atomic E-state index is -0.169. The van der Waals surface area contributed by atoms with E-state index in [-0.39, 0.29) is 17.6 Å². The van der Waals surface area contributed by atoms with Crippen LogP contribution >= 0.6 is 11.6 Å². The summed E-state index contributed by atoms with van der Waals surface area (Å²) in [6.45, 7) is 4.91. The minimum absolute atomic E-state index is 0.0846. The van der Waals surface area contributed by atoms with Crippen LogP contribution in [0.2, 0.25) is 0 Å². The van der Waals surface area contributed by atoms with Crippen molar-refractivity contribution in [3.63, 3.8) is 0 Å². The smallest absolute Gasteiger partial charge is 0.223 e. The van der Waals surface area contributed by atoms with Crippen LogP contribution in [0.15, 0.2) is 0 Å². The molecular weight excluding hydrogens is 226 g/mol. The highest BCUT2D eigenvalue weighted by Crippen LogP contribution is 2.18. The Hall–Kier alpha value is -0.280. The summed E-state index contributed by atoms with van der Waals surface area (Å²) in [4.78, 5) is 11.8. The van der Waals surface area contributed by atoms with Crippen molar-refractivity contribution >= 4 is 17.5 Å². The van der Waals surface area contributed by atoms with Gasteiger partial charge in [-0.05, 0) is 32.6 Å². The third kappa shape index (κ3) is 4.30. The number of carbonyl (C=O) groups is 1. The molecule has 0 aromatic heterocycles. The third-order valence-electron chi connectivity index (χ3n) is 3.30. The maximum atomic E-state index is 11.8. The molecule has 2 atom stereocenters. The van der Waals surface area contributed by atoms with Gasteiger partial charge in [-0.3, -0.25) is 4.79 Å². The molecule has 16 heavy (non-hydrogen) atoms. The first kappa shape index (κ1) is 13.8. The number of halogens is 1. The summed E-state index contributed by atoms with van der Waals surface area (Å²) in [6.07, 6.45) is 4.39. The molecule has 1 saturated heterocycles. The summed E-state index contributed by atoms with van der Waals surface area (Å²) >= 11 is 5.74. The Balaban J connectivity index is 2.35. The van der Waals surface area contributed by atoms with Crippen molar-refractivity contribution in [1.29, 1.82) is 0 Å². The van der Waals surface area contributed by atoms with Gasteiger partial charge in [0.1, 0.15) is 0 Å². The second-order valence-corrected chi connectivity index (χ2v) is 5.12. The fraction of sp³-hybridized carbons (Fsp3) is 0.917. The average Bonchev–Trinajstić information content (AvgIpc) is 2.70. The predicted octanol–water partition coefficient (Wildman–Crippen LogP) is 2.47. The second kappa shape index (κ2) is 6.45. The second-order valence-electron chi connectivity index (χ2n) is 4.74. The minimum Gasteiger partial charge on any atom is -0.378 e. The van der Waals surface area contributed by atoms with Crippen LogP contribution < -0.4 is 5.32 Å². The lowest BCUT2D eigenvalue weighted by molar-refractivity contribution is -0.125. The van der Waals surface area contributed by atoms with Crippen LogP contribution in [-0.4, -0.2) is 30.0 Å². The van der Waals surface area contributed by atoms with E-state index < -0.39 is 0 Å². The van der Waals surface area contributed by atoms with Gasteiger partial charge in [0.05, 0.1) is 12.5 Å². The Bertz CT molecular complexity index is 229. The molecule has 94 valence electrons. The molecule has 1 amide bonds. The van der Waals surface area contributed by atoms with Crippen molar-refractivity contribution in [2.45, 2.75) is 57.6 Å². The van der Waals surface area contributed by atoms with Crippen LogP contribution in [0.1, 0.15) is 46.0 Å². The SMILES string of the molecule is CCC(C)(CCCl)NC(=O)CC1CCCO1. The summed E-state index contributed by atoms with van der Waals surface area (Å²) in [5.41, 5.74) is -0.169. The summed E-state index contributed by atoms with van der Waals surface area (Å²) in [5, 5.41) is 3.07. The number of carbonyl (C=O) groups excluding carboxylic acids is 1. The van der Waals surface area contributed by atoms with E-state index in [0.717, 1.165) is 32.3 Å². The summed E-state index contributed by atoms with van der Waals surface area (Å²) in [6, 6.07) is 0. The number of hydrogen-bond donors (Lipinski definition) is 1. The van der Waals surface area contributed by atoms with Gasteiger partial charge in [0.15, 0.2) is 0 Å². The van der Waals surface area contributed by atoms with Crippen LogP contribution in [0.5, 0.6) is 0 Å². The number of ether oxygens (including phenoxy) is 1. The lowest BCUT2D eigenvalue weighted by atomic mass is 9.95. The number of nitrogens with one attached hydrogen (secondary N) is 1. The molecule has 0 saturated carbocycles. The molecule has 2 unspecified atom stereocenters. The lowest BCUT2D eigenvalue weighted by Gasteiger charge is -2.29. The van der Waals surface area contributed by atoms with Gasteiger partial charge in [-0.25, -0.2) is 0 Å². The predicted molar refractivity (Wildman–Crippen MR) is 65.8 cm³/mol. The van der Waals surface area contributed by atoms with Gasteiger partial charge in [-0.2, -0.15) is 0 Å². The van der Waals surface area contributed by atoms with Gasteiger partial charge in [0, 0.05) is 18.0 Å². The molecule has 0 spiro atoms. The van der Waals surface area contributed by atoms with Crippen molar-refractivity contribution < 1.29 is 9.53 Å². The molecule has 1 fully saturated rings. The first-order valence-corrected chi connectivity index (χ1v) is 6.61. The zero-order chi connectivity index (χ0) is 12.0. The largest absolute Gasteiger partial charge is 0.378 e. The Morgan fingerprint density at radius 2 is 2.38 bits per heavy atom. The van der Waals surface area contributed by atoms with Crippen LogP contribution in [0, 0.1) is 0 Å². The first-order chi connectivity index (χ1) is 7.59. The van der Waals surface area contributed by atoms with Crippen LogP contribution in [-0.2, 0) is 9.53 Å². The fourth-order valence-electron chi connectivity index (χ4n) is 1.94. The van der Waals surface area contributed by atoms with E-state index in [2.05, 4.69) is 12.2 Å². The number of rotatable bonds is 6. The molecular formula is C12H22ClNO2. The maximum Gasteiger partial charge on any atom is 0.223 e. The standard InChI is InChI=1S/C12H22ClNO2/c1-3-12(2,6-7-13)14-11(15)9-10-5-4-8-16-10/h10H,3-9H2,1-2H3,(H,14,15). The van der Waals surface area contributed by atoms with Crippen molar-refractivity contribution in [1.82, 2.24) is 5.32 Å².